The van der Waals surface area contributed by atoms with Crippen molar-refractivity contribution in [2.24, 2.45) is 16.7 Å². The van der Waals surface area contributed by atoms with Crippen LogP contribution in [-0.2, 0) is 6.54 Å². The highest BCUT2D eigenvalue weighted by Crippen LogP contribution is 2.65. The number of hydrogen-bond acceptors (Lipinski definition) is 2. The highest BCUT2D eigenvalue weighted by Gasteiger charge is 2.61. The summed E-state index contributed by atoms with van der Waals surface area (Å²) in [6.45, 7) is 7.44. The number of amides is 2. The van der Waals surface area contributed by atoms with Crippen molar-refractivity contribution in [2.45, 2.75) is 52.6 Å². The molecule has 4 heteroatoms. The van der Waals surface area contributed by atoms with Gasteiger partial charge in [-0.05, 0) is 53.7 Å². The molecule has 0 saturated heterocycles. The van der Waals surface area contributed by atoms with E-state index in [1.807, 2.05) is 6.07 Å². The van der Waals surface area contributed by atoms with Crippen LogP contribution in [0.15, 0.2) is 24.3 Å². The lowest BCUT2D eigenvalue weighted by atomic mass is 9.69. The van der Waals surface area contributed by atoms with E-state index < -0.39 is 0 Å². The first kappa shape index (κ1) is 15.2. The van der Waals surface area contributed by atoms with Crippen molar-refractivity contribution in [3.8, 4) is 5.75 Å². The zero-order valence-corrected chi connectivity index (χ0v) is 13.6. The number of urea groups is 1. The molecule has 0 radical (unpaired) electrons. The van der Waals surface area contributed by atoms with Crippen LogP contribution in [0.2, 0.25) is 0 Å². The smallest absolute Gasteiger partial charge is 0.315 e. The maximum absolute atomic E-state index is 12.2. The van der Waals surface area contributed by atoms with Gasteiger partial charge in [0.15, 0.2) is 0 Å². The molecule has 2 saturated carbocycles. The Labute approximate surface area is 132 Å². The molecule has 2 aliphatic carbocycles. The quantitative estimate of drug-likeness (QED) is 0.801. The number of benzene rings is 1. The summed E-state index contributed by atoms with van der Waals surface area (Å²) in [5, 5.41) is 15.5. The fraction of sp³-hybridized carbons (Fsp3) is 0.611. The molecule has 2 bridgehead atoms. The normalized spacial score (nSPS) is 32.0. The third-order valence-corrected chi connectivity index (χ3v) is 6.46. The summed E-state index contributed by atoms with van der Waals surface area (Å²) in [5.41, 5.74) is 1.39. The van der Waals surface area contributed by atoms with Crippen LogP contribution in [0.3, 0.4) is 0 Å². The van der Waals surface area contributed by atoms with E-state index in [2.05, 4.69) is 31.4 Å². The lowest BCUT2D eigenvalue weighted by molar-refractivity contribution is 0.123. The molecule has 3 unspecified atom stereocenters. The maximum Gasteiger partial charge on any atom is 0.315 e. The zero-order valence-electron chi connectivity index (χ0n) is 13.6. The van der Waals surface area contributed by atoms with Gasteiger partial charge in [-0.25, -0.2) is 4.79 Å². The van der Waals surface area contributed by atoms with Crippen LogP contribution in [0.5, 0.6) is 5.75 Å². The minimum Gasteiger partial charge on any atom is -0.508 e. The average Bonchev–Trinajstić information content (AvgIpc) is 2.78. The van der Waals surface area contributed by atoms with Gasteiger partial charge >= 0.3 is 6.03 Å². The van der Waals surface area contributed by atoms with Gasteiger partial charge in [-0.2, -0.15) is 0 Å². The zero-order chi connectivity index (χ0) is 16.0. The van der Waals surface area contributed by atoms with E-state index in [-0.39, 0.29) is 23.2 Å². The van der Waals surface area contributed by atoms with Crippen molar-refractivity contribution in [3.63, 3.8) is 0 Å². The molecule has 0 heterocycles. The Balaban J connectivity index is 1.57. The molecule has 2 amide bonds. The largest absolute Gasteiger partial charge is 0.508 e. The minimum atomic E-state index is -0.113. The van der Waals surface area contributed by atoms with Crippen LogP contribution in [0.25, 0.3) is 0 Å². The summed E-state index contributed by atoms with van der Waals surface area (Å²) in [6.07, 6.45) is 3.57. The highest BCUT2D eigenvalue weighted by atomic mass is 16.3. The van der Waals surface area contributed by atoms with E-state index in [1.165, 1.54) is 12.8 Å². The number of rotatable bonds is 3. The van der Waals surface area contributed by atoms with Crippen LogP contribution < -0.4 is 10.6 Å². The summed E-state index contributed by atoms with van der Waals surface area (Å²) >= 11 is 0. The average molecular weight is 302 g/mol. The number of hydrogen-bond donors (Lipinski definition) is 3. The molecule has 0 aromatic heterocycles. The van der Waals surface area contributed by atoms with Crippen LogP contribution in [0.1, 0.15) is 45.6 Å². The fourth-order valence-corrected chi connectivity index (χ4v) is 4.48. The summed E-state index contributed by atoms with van der Waals surface area (Å²) in [7, 11) is 0. The second kappa shape index (κ2) is 5.18. The predicted molar refractivity (Wildman–Crippen MR) is 86.5 cm³/mol. The summed E-state index contributed by atoms with van der Waals surface area (Å²) in [4.78, 5) is 12.2. The van der Waals surface area contributed by atoms with E-state index in [0.29, 0.717) is 17.9 Å². The van der Waals surface area contributed by atoms with Crippen LogP contribution in [-0.4, -0.2) is 17.2 Å². The molecule has 2 aliphatic rings. The number of fused-ring (bicyclic) bond motifs is 2. The topological polar surface area (TPSA) is 61.4 Å². The van der Waals surface area contributed by atoms with Crippen molar-refractivity contribution in [3.05, 3.63) is 29.8 Å². The lowest BCUT2D eigenvalue weighted by Crippen LogP contribution is -2.49. The summed E-state index contributed by atoms with van der Waals surface area (Å²) in [6, 6.07) is 7.11. The highest BCUT2D eigenvalue weighted by molar-refractivity contribution is 5.74. The molecule has 120 valence electrons. The van der Waals surface area contributed by atoms with Gasteiger partial charge < -0.3 is 15.7 Å². The van der Waals surface area contributed by atoms with Crippen LogP contribution >= 0.6 is 0 Å². The van der Waals surface area contributed by atoms with Gasteiger partial charge in [0.25, 0.3) is 0 Å². The standard InChI is InChI=1S/C18H26N2O2/c1-17(2)13-7-8-18(17,3)15(10-13)20-16(22)19-11-12-5-4-6-14(21)9-12/h4-6,9,13,15,21H,7-8,10-11H2,1-3H3,(H2,19,20,22). The van der Waals surface area contributed by atoms with Gasteiger partial charge in [-0.15, -0.1) is 0 Å². The molecule has 0 spiro atoms. The molecule has 1 aromatic rings. The van der Waals surface area contributed by atoms with Gasteiger partial charge in [-0.3, -0.25) is 0 Å². The van der Waals surface area contributed by atoms with E-state index >= 15 is 0 Å². The monoisotopic (exact) mass is 302 g/mol. The molecule has 22 heavy (non-hydrogen) atoms. The molecular formula is C18H26N2O2. The predicted octanol–water partition coefficient (Wildman–Crippen LogP) is 3.41. The Morgan fingerprint density at radius 2 is 2.14 bits per heavy atom. The maximum atomic E-state index is 12.2. The second-order valence-corrected chi connectivity index (χ2v) is 7.66. The van der Waals surface area contributed by atoms with Gasteiger partial charge in [0.05, 0.1) is 0 Å². The first-order valence-corrected chi connectivity index (χ1v) is 8.15. The fourth-order valence-electron chi connectivity index (χ4n) is 4.48. The third-order valence-electron chi connectivity index (χ3n) is 6.46. The molecule has 3 N–H and O–H groups in total. The molecule has 2 fully saturated rings. The number of phenols is 1. The molecular weight excluding hydrogens is 276 g/mol. The van der Waals surface area contributed by atoms with Crippen molar-refractivity contribution in [1.82, 2.24) is 10.6 Å². The van der Waals surface area contributed by atoms with Gasteiger partial charge in [0.1, 0.15) is 5.75 Å². The van der Waals surface area contributed by atoms with E-state index in [0.717, 1.165) is 12.0 Å². The van der Waals surface area contributed by atoms with Gasteiger partial charge in [0, 0.05) is 12.6 Å². The first-order valence-electron chi connectivity index (χ1n) is 8.15. The Morgan fingerprint density at radius 3 is 2.73 bits per heavy atom. The Hall–Kier alpha value is -1.71. The number of carbonyl (C=O) groups excluding carboxylic acids is 1. The van der Waals surface area contributed by atoms with E-state index in [9.17, 15) is 9.90 Å². The van der Waals surface area contributed by atoms with Crippen molar-refractivity contribution < 1.29 is 9.90 Å². The van der Waals surface area contributed by atoms with E-state index in [4.69, 9.17) is 0 Å². The van der Waals surface area contributed by atoms with Crippen molar-refractivity contribution in [2.75, 3.05) is 0 Å². The summed E-state index contributed by atoms with van der Waals surface area (Å²) < 4.78 is 0. The Morgan fingerprint density at radius 1 is 1.36 bits per heavy atom. The lowest BCUT2D eigenvalue weighted by Gasteiger charge is -2.39. The SMILES string of the molecule is CC1(C)C2CCC1(C)C(NC(=O)NCc1cccc(O)c1)C2. The number of nitrogens with one attached hydrogen (secondary N) is 2. The third kappa shape index (κ3) is 2.34. The molecule has 0 aliphatic heterocycles. The number of aromatic hydroxyl groups is 1. The van der Waals surface area contributed by atoms with Crippen molar-refractivity contribution in [1.29, 1.82) is 0 Å². The second-order valence-electron chi connectivity index (χ2n) is 7.66. The van der Waals surface area contributed by atoms with Crippen LogP contribution in [0, 0.1) is 16.7 Å². The van der Waals surface area contributed by atoms with E-state index in [1.54, 1.807) is 18.2 Å². The molecule has 3 rings (SSSR count). The Kier molecular flexibility index (Phi) is 3.58. The number of phenolic OH excluding ortho intramolecular Hbond substituents is 1. The molecule has 3 atom stereocenters. The Bertz CT molecular complexity index is 584. The first-order chi connectivity index (χ1) is 10.3. The minimum absolute atomic E-state index is 0.113. The molecule has 1 aromatic carbocycles. The van der Waals surface area contributed by atoms with Crippen LogP contribution in [0.4, 0.5) is 4.79 Å². The molecule has 4 nitrogen and oxygen atoms in total. The summed E-state index contributed by atoms with van der Waals surface area (Å²) in [5.74, 6) is 0.941. The van der Waals surface area contributed by atoms with Gasteiger partial charge in [0.2, 0.25) is 0 Å². The number of carbonyl (C=O) groups is 1. The van der Waals surface area contributed by atoms with Gasteiger partial charge in [-0.1, -0.05) is 32.9 Å². The van der Waals surface area contributed by atoms with Crippen molar-refractivity contribution >= 4 is 6.03 Å².